The average Bonchev–Trinajstić information content (AvgIpc) is 2.30. The summed E-state index contributed by atoms with van der Waals surface area (Å²) in [5.74, 6) is -2.97. The van der Waals surface area contributed by atoms with Gasteiger partial charge in [-0.05, 0) is 36.6 Å². The van der Waals surface area contributed by atoms with Gasteiger partial charge in [-0.3, -0.25) is 0 Å². The summed E-state index contributed by atoms with van der Waals surface area (Å²) < 4.78 is 38.5. The maximum atomic E-state index is 12.9. The van der Waals surface area contributed by atoms with Gasteiger partial charge in [0.1, 0.15) is 0 Å². The van der Waals surface area contributed by atoms with Crippen LogP contribution in [0.2, 0.25) is 0 Å². The lowest BCUT2D eigenvalue weighted by Crippen LogP contribution is -2.15. The van der Waals surface area contributed by atoms with Crippen molar-refractivity contribution >= 4 is 0 Å². The highest BCUT2D eigenvalue weighted by molar-refractivity contribution is 5.19. The second-order valence-corrected chi connectivity index (χ2v) is 4.94. The molecular weight excluding hydrogens is 239 g/mol. The second kappa shape index (κ2) is 7.41. The van der Waals surface area contributed by atoms with Crippen LogP contribution in [0.15, 0.2) is 12.1 Å². The van der Waals surface area contributed by atoms with Crippen molar-refractivity contribution in [1.82, 2.24) is 5.32 Å². The highest BCUT2D eigenvalue weighted by Crippen LogP contribution is 2.13. The molecule has 0 saturated heterocycles. The predicted molar refractivity (Wildman–Crippen MR) is 66.7 cm³/mol. The van der Waals surface area contributed by atoms with Crippen LogP contribution < -0.4 is 5.32 Å². The number of unbranched alkanes of at least 4 members (excludes halogenated alkanes) is 1. The molecule has 4 heteroatoms. The van der Waals surface area contributed by atoms with E-state index in [0.29, 0.717) is 18.0 Å². The Labute approximate surface area is 106 Å². The summed E-state index contributed by atoms with van der Waals surface area (Å²) in [5, 5.41) is 3.09. The number of benzene rings is 1. The van der Waals surface area contributed by atoms with Crippen molar-refractivity contribution < 1.29 is 13.2 Å². The van der Waals surface area contributed by atoms with E-state index in [2.05, 4.69) is 19.2 Å². The Morgan fingerprint density at radius 3 is 2.22 bits per heavy atom. The Balaban J connectivity index is 2.27. The maximum absolute atomic E-state index is 12.9. The van der Waals surface area contributed by atoms with Gasteiger partial charge in [-0.25, -0.2) is 13.2 Å². The molecule has 102 valence electrons. The number of nitrogens with one attached hydrogen (secondary N) is 1. The van der Waals surface area contributed by atoms with Gasteiger partial charge in [-0.15, -0.1) is 0 Å². The van der Waals surface area contributed by atoms with Crippen LogP contribution in [0.25, 0.3) is 0 Å². The Bertz CT molecular complexity index is 354. The van der Waals surface area contributed by atoms with E-state index < -0.39 is 17.5 Å². The molecule has 0 aliphatic heterocycles. The van der Waals surface area contributed by atoms with Crippen molar-refractivity contribution in [3.05, 3.63) is 35.1 Å². The molecule has 0 unspecified atom stereocenters. The van der Waals surface area contributed by atoms with E-state index in [-0.39, 0.29) is 0 Å². The SMILES string of the molecule is CC(C)CCCCNCc1cc(F)c(F)c(F)c1. The molecule has 0 bridgehead atoms. The van der Waals surface area contributed by atoms with Gasteiger partial charge in [0.2, 0.25) is 0 Å². The van der Waals surface area contributed by atoms with Crippen molar-refractivity contribution in [1.29, 1.82) is 0 Å². The van der Waals surface area contributed by atoms with Crippen molar-refractivity contribution in [3.63, 3.8) is 0 Å². The van der Waals surface area contributed by atoms with Gasteiger partial charge in [-0.1, -0.05) is 26.7 Å². The van der Waals surface area contributed by atoms with Crippen LogP contribution in [0.3, 0.4) is 0 Å². The molecule has 0 spiro atoms. The van der Waals surface area contributed by atoms with Gasteiger partial charge >= 0.3 is 0 Å². The molecule has 0 fully saturated rings. The maximum Gasteiger partial charge on any atom is 0.194 e. The molecule has 1 N–H and O–H groups in total. The third-order valence-electron chi connectivity index (χ3n) is 2.76. The summed E-state index contributed by atoms with van der Waals surface area (Å²) in [4.78, 5) is 0. The van der Waals surface area contributed by atoms with E-state index >= 15 is 0 Å². The fourth-order valence-corrected chi connectivity index (χ4v) is 1.75. The van der Waals surface area contributed by atoms with Crippen LogP contribution in [0, 0.1) is 23.4 Å². The third-order valence-corrected chi connectivity index (χ3v) is 2.76. The zero-order chi connectivity index (χ0) is 13.5. The fraction of sp³-hybridized carbons (Fsp3) is 0.571. The lowest BCUT2D eigenvalue weighted by Gasteiger charge is -2.07. The van der Waals surface area contributed by atoms with Crippen LogP contribution in [-0.4, -0.2) is 6.54 Å². The molecule has 1 nitrogen and oxygen atoms in total. The smallest absolute Gasteiger partial charge is 0.194 e. The minimum atomic E-state index is -1.41. The van der Waals surface area contributed by atoms with Gasteiger partial charge < -0.3 is 5.32 Å². The minimum Gasteiger partial charge on any atom is -0.313 e. The Morgan fingerprint density at radius 2 is 1.67 bits per heavy atom. The highest BCUT2D eigenvalue weighted by Gasteiger charge is 2.09. The van der Waals surface area contributed by atoms with Gasteiger partial charge in [0.25, 0.3) is 0 Å². The molecule has 0 saturated carbocycles. The van der Waals surface area contributed by atoms with Crippen LogP contribution >= 0.6 is 0 Å². The predicted octanol–water partition coefficient (Wildman–Crippen LogP) is 4.02. The number of halogens is 3. The number of hydrogen-bond donors (Lipinski definition) is 1. The summed E-state index contributed by atoms with van der Waals surface area (Å²) >= 11 is 0. The lowest BCUT2D eigenvalue weighted by molar-refractivity contribution is 0.444. The molecule has 0 atom stereocenters. The van der Waals surface area contributed by atoms with Crippen LogP contribution in [0.1, 0.15) is 38.7 Å². The largest absolute Gasteiger partial charge is 0.313 e. The van der Waals surface area contributed by atoms with E-state index in [1.807, 2.05) is 0 Å². The summed E-state index contributed by atoms with van der Waals surface area (Å²) in [5.41, 5.74) is 0.426. The zero-order valence-corrected chi connectivity index (χ0v) is 10.9. The highest BCUT2D eigenvalue weighted by atomic mass is 19.2. The molecular formula is C14H20F3N. The van der Waals surface area contributed by atoms with Crippen molar-refractivity contribution in [3.8, 4) is 0 Å². The topological polar surface area (TPSA) is 12.0 Å². The molecule has 0 heterocycles. The zero-order valence-electron chi connectivity index (χ0n) is 10.9. The summed E-state index contributed by atoms with van der Waals surface area (Å²) in [6.07, 6.45) is 3.35. The molecule has 1 aromatic rings. The number of hydrogen-bond acceptors (Lipinski definition) is 1. The third kappa shape index (κ3) is 5.08. The molecule has 0 aliphatic carbocycles. The van der Waals surface area contributed by atoms with E-state index in [1.165, 1.54) is 6.42 Å². The van der Waals surface area contributed by atoms with E-state index in [1.54, 1.807) is 0 Å². The molecule has 0 amide bonds. The van der Waals surface area contributed by atoms with Crippen molar-refractivity contribution in [2.45, 2.75) is 39.7 Å². The van der Waals surface area contributed by atoms with Gasteiger partial charge in [0.05, 0.1) is 0 Å². The molecule has 0 radical (unpaired) electrons. The summed E-state index contributed by atoms with van der Waals surface area (Å²) in [6.45, 7) is 5.51. The molecule has 1 rings (SSSR count). The molecule has 0 aliphatic rings. The van der Waals surface area contributed by atoms with Crippen LogP contribution in [0.4, 0.5) is 13.2 Å². The normalized spacial score (nSPS) is 11.2. The molecule has 18 heavy (non-hydrogen) atoms. The summed E-state index contributed by atoms with van der Waals surface area (Å²) in [6, 6.07) is 2.05. The summed E-state index contributed by atoms with van der Waals surface area (Å²) in [7, 11) is 0. The Hall–Kier alpha value is -1.03. The first kappa shape index (κ1) is 15.0. The van der Waals surface area contributed by atoms with E-state index in [4.69, 9.17) is 0 Å². The quantitative estimate of drug-likeness (QED) is 0.576. The average molecular weight is 259 g/mol. The van der Waals surface area contributed by atoms with Crippen molar-refractivity contribution in [2.24, 2.45) is 5.92 Å². The second-order valence-electron chi connectivity index (χ2n) is 4.94. The molecule has 0 aromatic heterocycles. The first-order valence-electron chi connectivity index (χ1n) is 6.35. The first-order valence-corrected chi connectivity index (χ1v) is 6.35. The Morgan fingerprint density at radius 1 is 1.06 bits per heavy atom. The van der Waals surface area contributed by atoms with Gasteiger partial charge in [-0.2, -0.15) is 0 Å². The minimum absolute atomic E-state index is 0.357. The van der Waals surface area contributed by atoms with Crippen LogP contribution in [0.5, 0.6) is 0 Å². The molecule has 1 aromatic carbocycles. The van der Waals surface area contributed by atoms with Gasteiger partial charge in [0.15, 0.2) is 17.5 Å². The standard InChI is InChI=1S/C14H20F3N/c1-10(2)5-3-4-6-18-9-11-7-12(15)14(17)13(16)8-11/h7-8,10,18H,3-6,9H2,1-2H3. The van der Waals surface area contributed by atoms with Gasteiger partial charge in [0, 0.05) is 6.54 Å². The number of rotatable bonds is 7. The monoisotopic (exact) mass is 259 g/mol. The fourth-order valence-electron chi connectivity index (χ4n) is 1.75. The van der Waals surface area contributed by atoms with Crippen LogP contribution in [-0.2, 0) is 6.54 Å². The van der Waals surface area contributed by atoms with E-state index in [0.717, 1.165) is 31.5 Å². The lowest BCUT2D eigenvalue weighted by atomic mass is 10.1. The van der Waals surface area contributed by atoms with Crippen molar-refractivity contribution in [2.75, 3.05) is 6.54 Å². The van der Waals surface area contributed by atoms with E-state index in [9.17, 15) is 13.2 Å². The first-order chi connectivity index (χ1) is 8.50. The Kier molecular flexibility index (Phi) is 6.19.